The highest BCUT2D eigenvalue weighted by atomic mass is 19.1. The third-order valence-electron chi connectivity index (χ3n) is 4.55. The van der Waals surface area contributed by atoms with Gasteiger partial charge in [0.25, 0.3) is 0 Å². The molecule has 3 aromatic rings. The quantitative estimate of drug-likeness (QED) is 0.779. The smallest absolute Gasteiger partial charge is 0.165 e. The molecule has 0 spiro atoms. The first kappa shape index (κ1) is 15.0. The van der Waals surface area contributed by atoms with Gasteiger partial charge in [0.05, 0.1) is 25.6 Å². The van der Waals surface area contributed by atoms with Gasteiger partial charge in [0.1, 0.15) is 18.0 Å². The van der Waals surface area contributed by atoms with Gasteiger partial charge in [0.2, 0.25) is 0 Å². The van der Waals surface area contributed by atoms with Crippen molar-refractivity contribution < 1.29 is 9.13 Å². The third-order valence-corrected chi connectivity index (χ3v) is 4.55. The summed E-state index contributed by atoms with van der Waals surface area (Å²) in [5.74, 6) is 0.214. The van der Waals surface area contributed by atoms with Crippen LogP contribution in [0.5, 0.6) is 0 Å². The summed E-state index contributed by atoms with van der Waals surface area (Å²) in [4.78, 5) is 12.3. The number of imidazole rings is 1. The van der Waals surface area contributed by atoms with E-state index in [9.17, 15) is 4.39 Å². The highest BCUT2D eigenvalue weighted by molar-refractivity contribution is 5.81. The second-order valence-electron chi connectivity index (χ2n) is 6.09. The molecule has 6 nitrogen and oxygen atoms in total. The summed E-state index contributed by atoms with van der Waals surface area (Å²) >= 11 is 0. The molecule has 2 aromatic heterocycles. The lowest BCUT2D eigenvalue weighted by Crippen LogP contribution is -2.42. The predicted molar refractivity (Wildman–Crippen MR) is 87.9 cm³/mol. The van der Waals surface area contributed by atoms with Gasteiger partial charge in [-0.1, -0.05) is 30.3 Å². The largest absolute Gasteiger partial charge is 0.382 e. The molecule has 3 unspecified atom stereocenters. The molecule has 1 fully saturated rings. The van der Waals surface area contributed by atoms with Crippen LogP contribution in [0.15, 0.2) is 43.0 Å². The van der Waals surface area contributed by atoms with Crippen molar-refractivity contribution in [3.63, 3.8) is 0 Å². The molecule has 7 heteroatoms. The summed E-state index contributed by atoms with van der Waals surface area (Å²) in [5, 5.41) is 0. The molecule has 1 aromatic carbocycles. The Morgan fingerprint density at radius 2 is 2.04 bits per heavy atom. The van der Waals surface area contributed by atoms with Crippen molar-refractivity contribution in [1.82, 2.24) is 19.5 Å². The van der Waals surface area contributed by atoms with Crippen LogP contribution in [0.25, 0.3) is 11.2 Å². The van der Waals surface area contributed by atoms with E-state index in [2.05, 4.69) is 15.0 Å². The Balaban J connectivity index is 1.37. The zero-order valence-electron chi connectivity index (χ0n) is 13.0. The van der Waals surface area contributed by atoms with Crippen molar-refractivity contribution in [3.05, 3.63) is 48.5 Å². The van der Waals surface area contributed by atoms with Gasteiger partial charge in [0, 0.05) is 5.92 Å². The summed E-state index contributed by atoms with van der Waals surface area (Å²) < 4.78 is 22.0. The molecule has 2 heterocycles. The van der Waals surface area contributed by atoms with Gasteiger partial charge in [-0.15, -0.1) is 0 Å². The second-order valence-corrected chi connectivity index (χ2v) is 6.09. The summed E-state index contributed by atoms with van der Waals surface area (Å²) in [6, 6.07) is 9.62. The topological polar surface area (TPSA) is 78.9 Å². The van der Waals surface area contributed by atoms with E-state index in [-0.39, 0.29) is 12.0 Å². The van der Waals surface area contributed by atoms with Crippen molar-refractivity contribution in [3.8, 4) is 0 Å². The average Bonchev–Trinajstić information content (AvgIpc) is 3.03. The van der Waals surface area contributed by atoms with Gasteiger partial charge in [-0.25, -0.2) is 19.3 Å². The van der Waals surface area contributed by atoms with Gasteiger partial charge >= 0.3 is 0 Å². The van der Waals surface area contributed by atoms with E-state index < -0.39 is 6.17 Å². The highest BCUT2D eigenvalue weighted by Gasteiger charge is 2.43. The van der Waals surface area contributed by atoms with Crippen molar-refractivity contribution in [2.24, 2.45) is 5.92 Å². The number of hydrogen-bond donors (Lipinski definition) is 1. The molecule has 124 valence electrons. The van der Waals surface area contributed by atoms with Crippen molar-refractivity contribution >= 4 is 17.0 Å². The maximum Gasteiger partial charge on any atom is 0.165 e. The van der Waals surface area contributed by atoms with Gasteiger partial charge < -0.3 is 15.0 Å². The van der Waals surface area contributed by atoms with E-state index in [0.717, 1.165) is 5.56 Å². The van der Waals surface area contributed by atoms with Crippen LogP contribution >= 0.6 is 0 Å². The Kier molecular flexibility index (Phi) is 3.86. The van der Waals surface area contributed by atoms with Crippen LogP contribution in [0.1, 0.15) is 18.0 Å². The van der Waals surface area contributed by atoms with Crippen LogP contribution in [0.3, 0.4) is 0 Å². The Hall–Kier alpha value is -2.54. The van der Waals surface area contributed by atoms with Crippen LogP contribution < -0.4 is 5.73 Å². The summed E-state index contributed by atoms with van der Waals surface area (Å²) in [6.45, 7) is 0.919. The van der Waals surface area contributed by atoms with E-state index in [1.165, 1.54) is 6.33 Å². The number of rotatable bonds is 5. The molecule has 1 aliphatic carbocycles. The summed E-state index contributed by atoms with van der Waals surface area (Å²) in [5.41, 5.74) is 7.97. The highest BCUT2D eigenvalue weighted by Crippen LogP contribution is 2.42. The van der Waals surface area contributed by atoms with Crippen LogP contribution in [-0.2, 0) is 11.3 Å². The second kappa shape index (κ2) is 6.16. The number of nitrogens with zero attached hydrogens (tertiary/aromatic N) is 4. The number of anilines is 1. The lowest BCUT2D eigenvalue weighted by molar-refractivity contribution is -0.0290. The number of ether oxygens (including phenoxy) is 1. The first-order valence-electron chi connectivity index (χ1n) is 7.93. The molecular weight excluding hydrogens is 309 g/mol. The summed E-state index contributed by atoms with van der Waals surface area (Å²) in [6.07, 6.45) is 2.69. The van der Waals surface area contributed by atoms with Gasteiger partial charge in [0.15, 0.2) is 11.5 Å². The number of hydrogen-bond acceptors (Lipinski definition) is 5. The fourth-order valence-corrected chi connectivity index (χ4v) is 3.13. The minimum absolute atomic E-state index is 0.102. The number of halogens is 1. The Labute approximate surface area is 138 Å². The molecule has 0 saturated heterocycles. The van der Waals surface area contributed by atoms with Crippen LogP contribution in [0.2, 0.25) is 0 Å². The SMILES string of the molecule is Nc1ncnc2c1ncn2C1CC(COCc2ccccc2)C1F. The first-order chi connectivity index (χ1) is 11.7. The van der Waals surface area contributed by atoms with Gasteiger partial charge in [-0.3, -0.25) is 0 Å². The van der Waals surface area contributed by atoms with Crippen molar-refractivity contribution in [2.75, 3.05) is 12.3 Å². The first-order valence-corrected chi connectivity index (χ1v) is 7.93. The van der Waals surface area contributed by atoms with Crippen LogP contribution in [0.4, 0.5) is 10.2 Å². The maximum absolute atomic E-state index is 14.6. The molecule has 0 radical (unpaired) electrons. The molecule has 4 rings (SSSR count). The average molecular weight is 327 g/mol. The fourth-order valence-electron chi connectivity index (χ4n) is 3.13. The minimum Gasteiger partial charge on any atom is -0.382 e. The summed E-state index contributed by atoms with van der Waals surface area (Å²) in [7, 11) is 0. The molecule has 1 aliphatic rings. The van der Waals surface area contributed by atoms with Crippen LogP contribution in [-0.4, -0.2) is 32.3 Å². The molecule has 24 heavy (non-hydrogen) atoms. The number of aromatic nitrogens is 4. The Bertz CT molecular complexity index is 837. The third kappa shape index (κ3) is 2.60. The lowest BCUT2D eigenvalue weighted by atomic mass is 9.78. The lowest BCUT2D eigenvalue weighted by Gasteiger charge is -2.40. The molecule has 0 amide bonds. The number of nitrogen functional groups attached to an aromatic ring is 1. The molecule has 1 saturated carbocycles. The Morgan fingerprint density at radius 1 is 1.21 bits per heavy atom. The van der Waals surface area contributed by atoms with E-state index in [0.29, 0.717) is 36.6 Å². The van der Waals surface area contributed by atoms with Gasteiger partial charge in [-0.2, -0.15) is 0 Å². The predicted octanol–water partition coefficient (Wildman–Crippen LogP) is 2.52. The zero-order chi connectivity index (χ0) is 16.5. The van der Waals surface area contributed by atoms with Crippen molar-refractivity contribution in [1.29, 1.82) is 0 Å². The molecule has 0 aliphatic heterocycles. The van der Waals surface area contributed by atoms with E-state index in [1.807, 2.05) is 30.3 Å². The van der Waals surface area contributed by atoms with Crippen molar-refractivity contribution in [2.45, 2.75) is 25.2 Å². The minimum atomic E-state index is -0.977. The number of alkyl halides is 1. The van der Waals surface area contributed by atoms with E-state index in [1.54, 1.807) is 10.9 Å². The zero-order valence-corrected chi connectivity index (χ0v) is 13.0. The molecule has 3 atom stereocenters. The number of fused-ring (bicyclic) bond motifs is 1. The fraction of sp³-hybridized carbons (Fsp3) is 0.353. The number of benzene rings is 1. The van der Waals surface area contributed by atoms with Gasteiger partial charge in [-0.05, 0) is 12.0 Å². The van der Waals surface area contributed by atoms with Crippen LogP contribution in [0, 0.1) is 5.92 Å². The standard InChI is InChI=1S/C17H18FN5O/c18-14-12(8-24-7-11-4-2-1-3-5-11)6-13(14)23-10-22-15-16(19)20-9-21-17(15)23/h1-5,9-10,12-14H,6-8H2,(H2,19,20,21). The van der Waals surface area contributed by atoms with E-state index in [4.69, 9.17) is 10.5 Å². The number of nitrogens with two attached hydrogens (primary N) is 1. The normalized spacial score (nSPS) is 23.3. The maximum atomic E-state index is 14.6. The monoisotopic (exact) mass is 327 g/mol. The molecule has 2 N–H and O–H groups in total. The molecule has 0 bridgehead atoms. The van der Waals surface area contributed by atoms with E-state index >= 15 is 0 Å². The molecular formula is C17H18FN5O. The Morgan fingerprint density at radius 3 is 2.83 bits per heavy atom.